The molecule has 0 aliphatic heterocycles. The SMILES string of the molecule is CCn1c(C(C)N(C)C(=O)Nc2cccc(C)c2)nc2ccc(Cl)cc2c1=O. The van der Waals surface area contributed by atoms with Crippen LogP contribution < -0.4 is 10.9 Å². The van der Waals surface area contributed by atoms with Crippen molar-refractivity contribution in [2.24, 2.45) is 0 Å². The number of amides is 2. The summed E-state index contributed by atoms with van der Waals surface area (Å²) < 4.78 is 1.58. The van der Waals surface area contributed by atoms with E-state index in [1.807, 2.05) is 45.0 Å². The van der Waals surface area contributed by atoms with E-state index in [1.165, 1.54) is 4.90 Å². The number of fused-ring (bicyclic) bond motifs is 1. The van der Waals surface area contributed by atoms with E-state index in [2.05, 4.69) is 10.3 Å². The molecule has 0 aliphatic rings. The molecule has 146 valence electrons. The van der Waals surface area contributed by atoms with Gasteiger partial charge < -0.3 is 10.2 Å². The number of carbonyl (C=O) groups excluding carboxylic acids is 1. The monoisotopic (exact) mass is 398 g/mol. The first-order valence-electron chi connectivity index (χ1n) is 9.12. The summed E-state index contributed by atoms with van der Waals surface area (Å²) >= 11 is 6.03. The molecule has 28 heavy (non-hydrogen) atoms. The van der Waals surface area contributed by atoms with Crippen molar-refractivity contribution in [1.82, 2.24) is 14.5 Å². The third-order valence-corrected chi connectivity index (χ3v) is 5.04. The first kappa shape index (κ1) is 19.9. The molecule has 0 aliphatic carbocycles. The van der Waals surface area contributed by atoms with E-state index in [9.17, 15) is 9.59 Å². The molecule has 0 radical (unpaired) electrons. The lowest BCUT2D eigenvalue weighted by Gasteiger charge is -2.27. The summed E-state index contributed by atoms with van der Waals surface area (Å²) in [5, 5.41) is 3.84. The van der Waals surface area contributed by atoms with Gasteiger partial charge in [0.1, 0.15) is 5.82 Å². The lowest BCUT2D eigenvalue weighted by Crippen LogP contribution is -2.37. The third-order valence-electron chi connectivity index (χ3n) is 4.81. The highest BCUT2D eigenvalue weighted by atomic mass is 35.5. The molecule has 3 rings (SSSR count). The zero-order valence-corrected chi connectivity index (χ0v) is 17.1. The van der Waals surface area contributed by atoms with E-state index in [0.29, 0.717) is 28.3 Å². The number of hydrogen-bond acceptors (Lipinski definition) is 3. The Morgan fingerprint density at radius 1 is 1.29 bits per heavy atom. The zero-order valence-electron chi connectivity index (χ0n) is 16.4. The van der Waals surface area contributed by atoms with Crippen LogP contribution in [0.4, 0.5) is 10.5 Å². The third kappa shape index (κ3) is 3.87. The number of urea groups is 1. The molecule has 2 aromatic carbocycles. The average Bonchev–Trinajstić information content (AvgIpc) is 2.67. The maximum atomic E-state index is 12.9. The highest BCUT2D eigenvalue weighted by molar-refractivity contribution is 6.31. The summed E-state index contributed by atoms with van der Waals surface area (Å²) in [6.07, 6.45) is 0. The number of hydrogen-bond donors (Lipinski definition) is 1. The Morgan fingerprint density at radius 3 is 2.71 bits per heavy atom. The van der Waals surface area contributed by atoms with Gasteiger partial charge in [-0.3, -0.25) is 9.36 Å². The van der Waals surface area contributed by atoms with Crippen LogP contribution in [0.1, 0.15) is 31.3 Å². The molecule has 0 fully saturated rings. The first-order chi connectivity index (χ1) is 13.3. The summed E-state index contributed by atoms with van der Waals surface area (Å²) in [5.74, 6) is 0.532. The van der Waals surface area contributed by atoms with Crippen LogP contribution in [-0.4, -0.2) is 27.5 Å². The molecular formula is C21H23ClN4O2. The Morgan fingerprint density at radius 2 is 2.04 bits per heavy atom. The van der Waals surface area contributed by atoms with Crippen molar-refractivity contribution < 1.29 is 4.79 Å². The van der Waals surface area contributed by atoms with Crippen molar-refractivity contribution in [3.05, 3.63) is 69.2 Å². The van der Waals surface area contributed by atoms with E-state index < -0.39 is 6.04 Å². The summed E-state index contributed by atoms with van der Waals surface area (Å²) in [5.41, 5.74) is 2.18. The van der Waals surface area contributed by atoms with Crippen molar-refractivity contribution in [3.8, 4) is 0 Å². The molecule has 0 saturated carbocycles. The predicted molar refractivity (Wildman–Crippen MR) is 113 cm³/mol. The largest absolute Gasteiger partial charge is 0.322 e. The second-order valence-electron chi connectivity index (χ2n) is 6.77. The average molecular weight is 399 g/mol. The maximum absolute atomic E-state index is 12.9. The van der Waals surface area contributed by atoms with Crippen LogP contribution in [0, 0.1) is 6.92 Å². The van der Waals surface area contributed by atoms with E-state index in [1.54, 1.807) is 29.8 Å². The highest BCUT2D eigenvalue weighted by Gasteiger charge is 2.23. The number of nitrogens with zero attached hydrogens (tertiary/aromatic N) is 3. The minimum absolute atomic E-state index is 0.163. The van der Waals surface area contributed by atoms with Gasteiger partial charge in [0.2, 0.25) is 0 Å². The quantitative estimate of drug-likeness (QED) is 0.698. The number of nitrogens with one attached hydrogen (secondary N) is 1. The Bertz CT molecular complexity index is 1090. The molecular weight excluding hydrogens is 376 g/mol. The summed E-state index contributed by atoms with van der Waals surface area (Å²) in [6.45, 7) is 6.14. The highest BCUT2D eigenvalue weighted by Crippen LogP contribution is 2.21. The summed E-state index contributed by atoms with van der Waals surface area (Å²) in [6, 6.07) is 12.0. The standard InChI is InChI=1S/C21H23ClN4O2/c1-5-26-19(24-18-10-9-15(22)12-17(18)20(26)27)14(3)25(4)21(28)23-16-8-6-7-13(2)11-16/h6-12,14H,5H2,1-4H3,(H,23,28). The molecule has 7 heteroatoms. The van der Waals surface area contributed by atoms with Crippen molar-refractivity contribution in [2.75, 3.05) is 12.4 Å². The van der Waals surface area contributed by atoms with E-state index in [0.717, 1.165) is 11.3 Å². The number of benzene rings is 2. The van der Waals surface area contributed by atoms with E-state index in [-0.39, 0.29) is 11.6 Å². The molecule has 2 amide bonds. The first-order valence-corrected chi connectivity index (χ1v) is 9.50. The fraction of sp³-hybridized carbons (Fsp3) is 0.286. The maximum Gasteiger partial charge on any atom is 0.322 e. The molecule has 1 heterocycles. The fourth-order valence-corrected chi connectivity index (χ4v) is 3.29. The van der Waals surface area contributed by atoms with Crippen LogP contribution in [0.2, 0.25) is 5.02 Å². The van der Waals surface area contributed by atoms with Crippen molar-refractivity contribution in [1.29, 1.82) is 0 Å². The number of aromatic nitrogens is 2. The zero-order chi connectivity index (χ0) is 20.4. The van der Waals surface area contributed by atoms with Crippen LogP contribution in [0.3, 0.4) is 0 Å². The second-order valence-corrected chi connectivity index (χ2v) is 7.20. The number of aryl methyl sites for hydroxylation is 1. The van der Waals surface area contributed by atoms with Gasteiger partial charge in [0, 0.05) is 24.3 Å². The smallest absolute Gasteiger partial charge is 0.318 e. The molecule has 3 aromatic rings. The van der Waals surface area contributed by atoms with Crippen LogP contribution in [0.25, 0.3) is 10.9 Å². The van der Waals surface area contributed by atoms with Crippen LogP contribution in [0.15, 0.2) is 47.3 Å². The number of carbonyl (C=O) groups is 1. The van der Waals surface area contributed by atoms with Gasteiger partial charge in [0.05, 0.1) is 16.9 Å². The lowest BCUT2D eigenvalue weighted by molar-refractivity contribution is 0.204. The van der Waals surface area contributed by atoms with Crippen molar-refractivity contribution >= 4 is 34.2 Å². The van der Waals surface area contributed by atoms with Gasteiger partial charge in [-0.25, -0.2) is 9.78 Å². The topological polar surface area (TPSA) is 67.2 Å². The minimum atomic E-state index is -0.405. The Hall–Kier alpha value is -2.86. The Balaban J connectivity index is 1.95. The number of rotatable bonds is 4. The van der Waals surface area contributed by atoms with Gasteiger partial charge in [-0.2, -0.15) is 0 Å². The Kier molecular flexibility index (Phi) is 5.70. The van der Waals surface area contributed by atoms with Crippen molar-refractivity contribution in [3.63, 3.8) is 0 Å². The van der Waals surface area contributed by atoms with Crippen molar-refractivity contribution in [2.45, 2.75) is 33.4 Å². The Labute approximate surface area is 168 Å². The van der Waals surface area contributed by atoms with Crippen LogP contribution >= 0.6 is 11.6 Å². The molecule has 0 bridgehead atoms. The molecule has 1 unspecified atom stereocenters. The van der Waals surface area contributed by atoms with Gasteiger partial charge in [-0.05, 0) is 56.7 Å². The number of halogens is 1. The molecule has 6 nitrogen and oxygen atoms in total. The van der Waals surface area contributed by atoms with E-state index in [4.69, 9.17) is 11.6 Å². The summed E-state index contributed by atoms with van der Waals surface area (Å²) in [7, 11) is 1.69. The fourth-order valence-electron chi connectivity index (χ4n) is 3.12. The van der Waals surface area contributed by atoms with Crippen LogP contribution in [-0.2, 0) is 6.54 Å². The molecule has 1 aromatic heterocycles. The van der Waals surface area contributed by atoms with Gasteiger partial charge >= 0.3 is 6.03 Å². The molecule has 0 saturated heterocycles. The molecule has 0 spiro atoms. The molecule has 1 atom stereocenters. The van der Waals surface area contributed by atoms with E-state index >= 15 is 0 Å². The van der Waals surface area contributed by atoms with Gasteiger partial charge in [0.15, 0.2) is 0 Å². The normalized spacial score (nSPS) is 12.0. The minimum Gasteiger partial charge on any atom is -0.318 e. The van der Waals surface area contributed by atoms with Gasteiger partial charge in [0.25, 0.3) is 5.56 Å². The second kappa shape index (κ2) is 8.02. The predicted octanol–water partition coefficient (Wildman–Crippen LogP) is 4.60. The molecule has 1 N–H and O–H groups in total. The summed E-state index contributed by atoms with van der Waals surface area (Å²) in [4.78, 5) is 31.8. The van der Waals surface area contributed by atoms with Crippen LogP contribution in [0.5, 0.6) is 0 Å². The van der Waals surface area contributed by atoms with Gasteiger partial charge in [-0.15, -0.1) is 0 Å². The lowest BCUT2D eigenvalue weighted by atomic mass is 10.2. The number of anilines is 1. The van der Waals surface area contributed by atoms with Gasteiger partial charge in [-0.1, -0.05) is 23.7 Å².